The van der Waals surface area contributed by atoms with Crippen LogP contribution >= 0.6 is 47.4 Å². The molecule has 3 aliphatic heterocycles. The van der Waals surface area contributed by atoms with Gasteiger partial charge in [0.05, 0.1) is 90.4 Å². The van der Waals surface area contributed by atoms with Crippen molar-refractivity contribution in [2.75, 3.05) is 131 Å². The number of hydrogen-bond donors (Lipinski definition) is 10. The van der Waals surface area contributed by atoms with Gasteiger partial charge in [-0.2, -0.15) is 15.0 Å². The summed E-state index contributed by atoms with van der Waals surface area (Å²) < 4.78 is 156. The molecule has 56 heteroatoms. The first-order valence-corrected chi connectivity index (χ1v) is 38.8. The van der Waals surface area contributed by atoms with Crippen molar-refractivity contribution in [3.8, 4) is 69.0 Å². The normalized spacial score (nSPS) is 13.4. The molecule has 3 aromatic carbocycles. The van der Waals surface area contributed by atoms with Gasteiger partial charge in [-0.15, -0.1) is 24.0 Å². The third-order valence-corrected chi connectivity index (χ3v) is 17.8. The summed E-state index contributed by atoms with van der Waals surface area (Å²) in [5.41, 5.74) is -2.78. The van der Waals surface area contributed by atoms with Crippen molar-refractivity contribution in [1.29, 1.82) is 0 Å². The van der Waals surface area contributed by atoms with E-state index in [-0.39, 0.29) is 220 Å². The van der Waals surface area contributed by atoms with Crippen LogP contribution < -0.4 is 202 Å². The van der Waals surface area contributed by atoms with E-state index in [1.54, 1.807) is 36.4 Å². The van der Waals surface area contributed by atoms with Crippen LogP contribution in [0.4, 0.5) is 100 Å². The Hall–Kier alpha value is -9.03. The number of carbonyl (C=O) groups excluding carboxylic acids is 3. The molecule has 0 saturated carbocycles. The minimum Gasteiger partial charge on any atom is -0.870 e. The smallest absolute Gasteiger partial charge is 0.870 e. The summed E-state index contributed by atoms with van der Waals surface area (Å²) in [6.45, 7) is 6.29. The third-order valence-electron chi connectivity index (χ3n) is 16.5. The quantitative estimate of drug-likeness (QED) is 0.0169. The Kier molecular flexibility index (Phi) is 41.5. The molecule has 0 atom stereocenters. The number of ether oxygens (including phenoxy) is 12. The van der Waals surface area contributed by atoms with Crippen molar-refractivity contribution in [3.05, 3.63) is 109 Å². The molecule has 0 saturated heterocycles. The van der Waals surface area contributed by atoms with E-state index in [9.17, 15) is 51.0 Å². The minimum absolute atomic E-state index is 0. The SMILES string of the molecule is C.C.COc1cc(Nc2ncc(F)c(Nc3ccc4c(n3)N(COP(=O)(O)O)C(=O)C(C)(C)O4)n2)cc(OC)c1OC.COc1cc(Nc2ncc(F)c(Nc3ccc4c(n3)N(COP(=O)(O)O)C(=O)C(C)(C)O4)n2)cc(OC)c1OC.COc1cc(Nc2ncc(F)c(Nc3ccc4c(n3)N(COP(=O)([O-])[O-])C(=O)C(C)(C)O4)n2)cc(OC)c1OC.I.[Na+].[Na+].[Na+].[OH-]. The van der Waals surface area contributed by atoms with E-state index in [4.69, 9.17) is 76.4 Å². The number of fused-ring (bicyclic) bond motifs is 3. The van der Waals surface area contributed by atoms with Gasteiger partial charge in [0.15, 0.2) is 121 Å². The molecule has 0 unspecified atom stereocenters. The Bertz CT molecular complexity index is 4940. The monoisotopic (exact) mass is 1980 g/mol. The van der Waals surface area contributed by atoms with E-state index >= 15 is 0 Å². The molecular weight excluding hydrogens is 1900 g/mol. The number of amides is 3. The zero-order valence-electron chi connectivity index (χ0n) is 69.7. The van der Waals surface area contributed by atoms with Crippen LogP contribution in [0.25, 0.3) is 0 Å². The van der Waals surface area contributed by atoms with Gasteiger partial charge in [0.1, 0.15) is 37.6 Å². The second-order valence-electron chi connectivity index (χ2n) is 26.0. The fourth-order valence-electron chi connectivity index (χ4n) is 11.1. The van der Waals surface area contributed by atoms with Gasteiger partial charge in [0, 0.05) is 53.5 Å². The minimum atomic E-state index is -5.41. The molecule has 12 rings (SSSR count). The second-order valence-corrected chi connectivity index (χ2v) is 29.6. The number of benzene rings is 3. The molecule has 9 aromatic rings. The predicted octanol–water partition coefficient (Wildman–Crippen LogP) is 0.745. The molecule has 3 amide bonds. The molecule has 127 heavy (non-hydrogen) atoms. The summed E-state index contributed by atoms with van der Waals surface area (Å²) in [5, 5.41) is 16.9. The maximum absolute atomic E-state index is 14.7. The van der Waals surface area contributed by atoms with Crippen LogP contribution in [-0.2, 0) is 41.6 Å². The van der Waals surface area contributed by atoms with Gasteiger partial charge >= 0.3 is 104 Å². The van der Waals surface area contributed by atoms with Crippen LogP contribution in [0.2, 0.25) is 0 Å². The molecule has 3 aliphatic rings. The number of phosphoric acid groups is 3. The fourth-order valence-corrected chi connectivity index (χ4v) is 11.9. The largest absolute Gasteiger partial charge is 1.00 e. The van der Waals surface area contributed by atoms with Crippen LogP contribution in [0, 0.1) is 17.5 Å². The maximum Gasteiger partial charge on any atom is 1.00 e. The Balaban J connectivity index is 0.000000478. The molecule has 0 bridgehead atoms. The molecule has 11 N–H and O–H groups in total. The summed E-state index contributed by atoms with van der Waals surface area (Å²) >= 11 is 0. The number of carbonyl (C=O) groups is 3. The molecule has 0 aliphatic carbocycles. The zero-order valence-corrected chi connectivity index (χ0v) is 80.7. The van der Waals surface area contributed by atoms with Gasteiger partial charge < -0.3 is 133 Å². The molecule has 6 aromatic heterocycles. The topological polar surface area (TPSA) is 596 Å². The van der Waals surface area contributed by atoms with Crippen molar-refractivity contribution >= 4 is 152 Å². The fraction of sp³-hybridized carbons (Fsp3) is 0.324. The molecule has 9 heterocycles. The molecule has 46 nitrogen and oxygen atoms in total. The number of hydrogen-bond acceptors (Lipinski definition) is 39. The number of anilines is 15. The number of methoxy groups -OCH3 is 9. The van der Waals surface area contributed by atoms with E-state index < -0.39 is 95.6 Å². The van der Waals surface area contributed by atoms with Crippen molar-refractivity contribution in [3.63, 3.8) is 0 Å². The Morgan fingerprint density at radius 3 is 0.827 bits per heavy atom. The van der Waals surface area contributed by atoms with E-state index in [0.29, 0.717) is 68.8 Å². The van der Waals surface area contributed by atoms with Gasteiger partial charge in [0.25, 0.3) is 17.7 Å². The van der Waals surface area contributed by atoms with E-state index in [2.05, 4.69) is 90.3 Å². The van der Waals surface area contributed by atoms with Crippen molar-refractivity contribution in [2.45, 2.75) is 73.2 Å². The van der Waals surface area contributed by atoms with Crippen molar-refractivity contribution in [1.82, 2.24) is 44.9 Å². The van der Waals surface area contributed by atoms with Gasteiger partial charge in [-0.3, -0.25) is 38.1 Å². The van der Waals surface area contributed by atoms with Crippen LogP contribution in [0.3, 0.4) is 0 Å². The maximum atomic E-state index is 14.7. The van der Waals surface area contributed by atoms with Gasteiger partial charge in [0.2, 0.25) is 35.1 Å². The molecule has 0 radical (unpaired) electrons. The summed E-state index contributed by atoms with van der Waals surface area (Å²) in [7, 11) is -2.08. The molecule has 674 valence electrons. The second kappa shape index (κ2) is 47.0. The predicted molar refractivity (Wildman–Crippen MR) is 444 cm³/mol. The number of nitrogens with one attached hydrogen (secondary N) is 6. The Morgan fingerprint density at radius 1 is 0.394 bits per heavy atom. The summed E-state index contributed by atoms with van der Waals surface area (Å²) in [6.07, 6.45) is 2.79. The third kappa shape index (κ3) is 28.2. The molecular formula is C71H86F3IN18Na3O28P3. The molecule has 0 fully saturated rings. The number of pyridine rings is 3. The zero-order chi connectivity index (χ0) is 87.7. The molecule has 0 spiro atoms. The Morgan fingerprint density at radius 2 is 0.622 bits per heavy atom. The number of phosphoric ester groups is 3. The van der Waals surface area contributed by atoms with Crippen LogP contribution in [0.5, 0.6) is 69.0 Å². The van der Waals surface area contributed by atoms with Crippen LogP contribution in [0.15, 0.2) is 91.4 Å². The number of rotatable bonds is 30. The van der Waals surface area contributed by atoms with Crippen LogP contribution in [0.1, 0.15) is 56.4 Å². The van der Waals surface area contributed by atoms with Gasteiger partial charge in [-0.1, -0.05) is 14.9 Å². The number of nitrogens with zero attached hydrogens (tertiary/aromatic N) is 12. The van der Waals surface area contributed by atoms with Crippen LogP contribution in [-0.4, -0.2) is 189 Å². The first-order valence-electron chi connectivity index (χ1n) is 34.3. The number of halogens is 4. The summed E-state index contributed by atoms with van der Waals surface area (Å²) in [5.74, 6) is -1.91. The van der Waals surface area contributed by atoms with Gasteiger partial charge in [-0.05, 0) is 77.9 Å². The first-order chi connectivity index (χ1) is 56.5. The van der Waals surface area contributed by atoms with E-state index in [0.717, 1.165) is 33.3 Å². The Labute approximate surface area is 807 Å². The van der Waals surface area contributed by atoms with Gasteiger partial charge in [-0.25, -0.2) is 52.2 Å². The van der Waals surface area contributed by atoms with Crippen molar-refractivity contribution < 1.29 is 235 Å². The number of aromatic nitrogens is 9. The average molecular weight is 1990 g/mol. The average Bonchev–Trinajstić information content (AvgIpc) is 0.771. The summed E-state index contributed by atoms with van der Waals surface area (Å²) in [4.78, 5) is 137. The van der Waals surface area contributed by atoms with E-state index in [1.807, 2.05) is 0 Å². The standard InChI is InChI=1S/3C23H26FN6O9P.2CH4.HI.3Na.H2O/c3*1-23(2)21(31)30(11-38-40(32,33)34)20-14(39-23)6-7-17(28-20)27-19-13(24)10-25-22(29-19)26-12-8-15(35-3)18(37-5)16(9-12)36-4;;;;;;;/h3*6-10H,11H2,1-5H3,(H2,32,33,34)(H2,25,26,27,28,29);2*1H4;1H;;;;1H2/q;;;;;;3*+1;/p-3. The van der Waals surface area contributed by atoms with E-state index in [1.165, 1.54) is 142 Å². The van der Waals surface area contributed by atoms with Crippen molar-refractivity contribution in [2.24, 2.45) is 0 Å². The summed E-state index contributed by atoms with van der Waals surface area (Å²) in [6, 6.07) is 18.3. The first kappa shape index (κ1) is 112.